The summed E-state index contributed by atoms with van der Waals surface area (Å²) in [6.45, 7) is 0. The number of benzene rings is 1. The lowest BCUT2D eigenvalue weighted by atomic mass is 10.2. The number of carbonyl (C=O) groups is 1. The molecule has 11 heteroatoms. The van der Waals surface area contributed by atoms with Crippen molar-refractivity contribution in [1.29, 1.82) is 0 Å². The third-order valence-electron chi connectivity index (χ3n) is 2.85. The largest absolute Gasteiger partial charge is 0.363 e. The standard InChI is InChI=1S/C13H12ClN7OS2/c1-15-12-19-20-13(24-12)23-5-11(22)18-9-4-8(14)2-3-10(9)21-7-16-6-17-21/h2-4,6-7H,5H2,1H3,(H,15,19)(H,18,22). The Bertz CT molecular complexity index is 837. The lowest BCUT2D eigenvalue weighted by Crippen LogP contribution is -2.16. The molecule has 124 valence electrons. The lowest BCUT2D eigenvalue weighted by molar-refractivity contribution is -0.113. The van der Waals surface area contributed by atoms with Crippen LogP contribution in [0.4, 0.5) is 10.8 Å². The fraction of sp³-hybridized carbons (Fsp3) is 0.154. The first-order valence-corrected chi connectivity index (χ1v) is 8.92. The van der Waals surface area contributed by atoms with E-state index in [-0.39, 0.29) is 11.7 Å². The van der Waals surface area contributed by atoms with Gasteiger partial charge in [-0.1, -0.05) is 34.7 Å². The molecule has 0 fully saturated rings. The van der Waals surface area contributed by atoms with E-state index in [0.29, 0.717) is 21.5 Å². The van der Waals surface area contributed by atoms with Crippen LogP contribution in [0.2, 0.25) is 5.02 Å². The first kappa shape index (κ1) is 16.7. The summed E-state index contributed by atoms with van der Waals surface area (Å²) >= 11 is 8.74. The molecule has 1 aromatic carbocycles. The zero-order valence-electron chi connectivity index (χ0n) is 12.4. The van der Waals surface area contributed by atoms with E-state index in [1.807, 2.05) is 0 Å². The van der Waals surface area contributed by atoms with Crippen LogP contribution in [0, 0.1) is 0 Å². The van der Waals surface area contributed by atoms with Crippen molar-refractivity contribution in [3.8, 4) is 5.69 Å². The van der Waals surface area contributed by atoms with Gasteiger partial charge in [0.05, 0.1) is 17.1 Å². The van der Waals surface area contributed by atoms with Gasteiger partial charge in [0.1, 0.15) is 12.7 Å². The maximum atomic E-state index is 12.2. The van der Waals surface area contributed by atoms with Gasteiger partial charge in [0, 0.05) is 12.1 Å². The van der Waals surface area contributed by atoms with Crippen LogP contribution in [0.5, 0.6) is 0 Å². The second-order valence-corrected chi connectivity index (χ2v) is 7.10. The molecule has 0 atom stereocenters. The molecule has 0 bridgehead atoms. The molecule has 0 spiro atoms. The number of hydrogen-bond donors (Lipinski definition) is 2. The molecular weight excluding hydrogens is 370 g/mol. The Kier molecular flexibility index (Phi) is 5.28. The summed E-state index contributed by atoms with van der Waals surface area (Å²) in [5, 5.41) is 19.0. The van der Waals surface area contributed by atoms with Crippen LogP contribution in [0.25, 0.3) is 5.69 Å². The highest BCUT2D eigenvalue weighted by Gasteiger charge is 2.12. The van der Waals surface area contributed by atoms with Gasteiger partial charge in [0.25, 0.3) is 0 Å². The summed E-state index contributed by atoms with van der Waals surface area (Å²) in [6.07, 6.45) is 2.97. The van der Waals surface area contributed by atoms with Gasteiger partial charge in [-0.15, -0.1) is 10.2 Å². The molecule has 24 heavy (non-hydrogen) atoms. The van der Waals surface area contributed by atoms with Crippen LogP contribution >= 0.6 is 34.7 Å². The molecule has 0 saturated carbocycles. The van der Waals surface area contributed by atoms with E-state index in [2.05, 4.69) is 30.9 Å². The van der Waals surface area contributed by atoms with Gasteiger partial charge in [-0.2, -0.15) is 5.10 Å². The summed E-state index contributed by atoms with van der Waals surface area (Å²) in [5.41, 5.74) is 1.25. The van der Waals surface area contributed by atoms with Crippen molar-refractivity contribution in [1.82, 2.24) is 25.0 Å². The number of hydrogen-bond acceptors (Lipinski definition) is 8. The molecule has 0 aliphatic rings. The number of carbonyl (C=O) groups excluding carboxylic acids is 1. The number of nitrogens with one attached hydrogen (secondary N) is 2. The van der Waals surface area contributed by atoms with Crippen molar-refractivity contribution in [2.45, 2.75) is 4.34 Å². The molecule has 2 aromatic heterocycles. The number of amides is 1. The van der Waals surface area contributed by atoms with Crippen LogP contribution in [0.1, 0.15) is 0 Å². The average Bonchev–Trinajstić information content (AvgIpc) is 3.24. The molecule has 8 nitrogen and oxygen atoms in total. The minimum absolute atomic E-state index is 0.176. The van der Waals surface area contributed by atoms with Gasteiger partial charge in [-0.25, -0.2) is 9.67 Å². The highest BCUT2D eigenvalue weighted by molar-refractivity contribution is 8.01. The van der Waals surface area contributed by atoms with E-state index in [1.165, 1.54) is 29.4 Å². The molecule has 2 N–H and O–H groups in total. The zero-order chi connectivity index (χ0) is 16.9. The maximum Gasteiger partial charge on any atom is 0.234 e. The van der Waals surface area contributed by atoms with Gasteiger partial charge in [-0.05, 0) is 18.2 Å². The minimum atomic E-state index is -0.176. The Balaban J connectivity index is 1.68. The first-order valence-electron chi connectivity index (χ1n) is 6.74. The molecule has 3 aromatic rings. The Morgan fingerprint density at radius 2 is 2.29 bits per heavy atom. The summed E-state index contributed by atoms with van der Waals surface area (Å²) in [5.74, 6) is 0.0339. The number of rotatable bonds is 6. The first-order chi connectivity index (χ1) is 11.7. The Morgan fingerprint density at radius 1 is 1.42 bits per heavy atom. The quantitative estimate of drug-likeness (QED) is 0.633. The minimum Gasteiger partial charge on any atom is -0.363 e. The van der Waals surface area contributed by atoms with E-state index in [0.717, 1.165) is 4.34 Å². The highest BCUT2D eigenvalue weighted by Crippen LogP contribution is 2.27. The Morgan fingerprint density at radius 3 is 3.00 bits per heavy atom. The summed E-state index contributed by atoms with van der Waals surface area (Å²) < 4.78 is 2.28. The van der Waals surface area contributed by atoms with E-state index in [9.17, 15) is 4.79 Å². The molecule has 0 aliphatic carbocycles. The second-order valence-electron chi connectivity index (χ2n) is 4.46. The van der Waals surface area contributed by atoms with E-state index < -0.39 is 0 Å². The average molecular weight is 382 g/mol. The predicted molar refractivity (Wildman–Crippen MR) is 95.2 cm³/mol. The van der Waals surface area contributed by atoms with Crippen molar-refractivity contribution in [2.75, 3.05) is 23.4 Å². The predicted octanol–water partition coefficient (Wildman–Crippen LogP) is 2.54. The summed E-state index contributed by atoms with van der Waals surface area (Å²) in [4.78, 5) is 16.1. The molecule has 0 saturated heterocycles. The van der Waals surface area contributed by atoms with Crippen molar-refractivity contribution in [2.24, 2.45) is 0 Å². The number of anilines is 2. The summed E-state index contributed by atoms with van der Waals surface area (Å²) in [7, 11) is 1.77. The third-order valence-corrected chi connectivity index (χ3v) is 5.15. The Labute approximate surface area is 150 Å². The molecule has 1 amide bonds. The van der Waals surface area contributed by atoms with E-state index >= 15 is 0 Å². The van der Waals surface area contributed by atoms with Gasteiger partial charge in [-0.3, -0.25) is 4.79 Å². The number of halogens is 1. The van der Waals surface area contributed by atoms with Crippen molar-refractivity contribution in [3.63, 3.8) is 0 Å². The molecule has 3 rings (SSSR count). The normalized spacial score (nSPS) is 10.6. The number of nitrogens with zero attached hydrogens (tertiary/aromatic N) is 5. The topological polar surface area (TPSA) is 97.6 Å². The zero-order valence-corrected chi connectivity index (χ0v) is 14.8. The highest BCUT2D eigenvalue weighted by atomic mass is 35.5. The van der Waals surface area contributed by atoms with Crippen LogP contribution in [-0.4, -0.2) is 43.7 Å². The van der Waals surface area contributed by atoms with Crippen LogP contribution in [0.15, 0.2) is 35.2 Å². The molecule has 2 heterocycles. The van der Waals surface area contributed by atoms with Crippen LogP contribution in [-0.2, 0) is 4.79 Å². The van der Waals surface area contributed by atoms with Crippen molar-refractivity contribution in [3.05, 3.63) is 35.9 Å². The third kappa shape index (κ3) is 4.02. The van der Waals surface area contributed by atoms with Crippen molar-refractivity contribution < 1.29 is 4.79 Å². The van der Waals surface area contributed by atoms with Gasteiger partial charge in [0.15, 0.2) is 4.34 Å². The maximum absolute atomic E-state index is 12.2. The van der Waals surface area contributed by atoms with Crippen LogP contribution in [0.3, 0.4) is 0 Å². The van der Waals surface area contributed by atoms with Gasteiger partial charge < -0.3 is 10.6 Å². The van der Waals surface area contributed by atoms with E-state index in [4.69, 9.17) is 11.6 Å². The fourth-order valence-corrected chi connectivity index (χ4v) is 3.50. The number of aromatic nitrogens is 5. The van der Waals surface area contributed by atoms with Gasteiger partial charge >= 0.3 is 0 Å². The van der Waals surface area contributed by atoms with Crippen LogP contribution < -0.4 is 10.6 Å². The fourth-order valence-electron chi connectivity index (χ4n) is 1.82. The molecule has 0 radical (unpaired) electrons. The monoisotopic (exact) mass is 381 g/mol. The number of thioether (sulfide) groups is 1. The SMILES string of the molecule is CNc1nnc(SCC(=O)Nc2cc(Cl)ccc2-n2cncn2)s1. The van der Waals surface area contributed by atoms with Crippen molar-refractivity contribution >= 4 is 51.4 Å². The lowest BCUT2D eigenvalue weighted by Gasteiger charge is -2.11. The molecular formula is C13H12ClN7OS2. The summed E-state index contributed by atoms with van der Waals surface area (Å²) in [6, 6.07) is 5.17. The molecule has 0 unspecified atom stereocenters. The van der Waals surface area contributed by atoms with E-state index in [1.54, 1.807) is 36.3 Å². The molecule has 0 aliphatic heterocycles. The second kappa shape index (κ2) is 7.60. The smallest absolute Gasteiger partial charge is 0.234 e. The van der Waals surface area contributed by atoms with Gasteiger partial charge in [0.2, 0.25) is 11.0 Å². The Hall–Kier alpha value is -2.17.